The van der Waals surface area contributed by atoms with Gasteiger partial charge in [-0.3, -0.25) is 4.90 Å². The Morgan fingerprint density at radius 3 is 1.49 bits per heavy atom. The number of ether oxygens (including phenoxy) is 2. The molecule has 11 aliphatic rings. The lowest BCUT2D eigenvalue weighted by molar-refractivity contribution is -0.105. The largest absolute Gasteiger partial charge is 0.374 e. The maximum atomic E-state index is 7.82. The average Bonchev–Trinajstić information content (AvgIpc) is 3.84. The molecule has 11 fully saturated rings. The first-order chi connectivity index (χ1) is 27.3. The molecule has 0 radical (unpaired) electrons. The van der Waals surface area contributed by atoms with Crippen molar-refractivity contribution >= 4 is 0 Å². The summed E-state index contributed by atoms with van der Waals surface area (Å²) in [5.41, 5.74) is 0. The van der Waals surface area contributed by atoms with Gasteiger partial charge in [0, 0.05) is 24.0 Å². The Balaban J connectivity index is 0.807. The van der Waals surface area contributed by atoms with Crippen LogP contribution in [0.5, 0.6) is 0 Å². The first-order valence-electron chi connectivity index (χ1n) is 26.3. The van der Waals surface area contributed by atoms with Crippen molar-refractivity contribution in [2.24, 2.45) is 71.0 Å². The van der Waals surface area contributed by atoms with Gasteiger partial charge in [0.2, 0.25) is 0 Å². The fourth-order valence-corrected chi connectivity index (χ4v) is 18.5. The molecular weight excluding hydrogens is 671 g/mol. The third-order valence-electron chi connectivity index (χ3n) is 21.0. The van der Waals surface area contributed by atoms with E-state index in [0.717, 1.165) is 77.2 Å². The highest BCUT2D eigenvalue weighted by Gasteiger charge is 2.62. The Morgan fingerprint density at radius 1 is 0.291 bits per heavy atom. The quantitative estimate of drug-likeness (QED) is 0.269. The van der Waals surface area contributed by atoms with Gasteiger partial charge in [-0.05, 0) is 168 Å². The zero-order chi connectivity index (χ0) is 36.3. The second kappa shape index (κ2) is 16.7. The molecule has 2 heterocycles. The summed E-state index contributed by atoms with van der Waals surface area (Å²) in [5, 5.41) is 0. The van der Waals surface area contributed by atoms with Crippen molar-refractivity contribution in [3.05, 3.63) is 0 Å². The highest BCUT2D eigenvalue weighted by molar-refractivity contribution is 5.11. The van der Waals surface area contributed by atoms with E-state index in [4.69, 9.17) is 9.47 Å². The molecule has 0 aromatic heterocycles. The van der Waals surface area contributed by atoms with Crippen LogP contribution in [-0.4, -0.2) is 47.4 Å². The third-order valence-corrected chi connectivity index (χ3v) is 21.0. The van der Waals surface area contributed by atoms with Gasteiger partial charge < -0.3 is 9.47 Å². The van der Waals surface area contributed by atoms with E-state index in [1.54, 1.807) is 64.2 Å². The van der Waals surface area contributed by atoms with E-state index in [0.29, 0.717) is 36.4 Å². The lowest BCUT2D eigenvalue weighted by Gasteiger charge is -2.52. The second-order valence-corrected chi connectivity index (χ2v) is 23.2. The summed E-state index contributed by atoms with van der Waals surface area (Å²) in [6.45, 7) is 0. The predicted molar refractivity (Wildman–Crippen MR) is 225 cm³/mol. The summed E-state index contributed by atoms with van der Waals surface area (Å²) in [4.78, 5) is 3.34. The van der Waals surface area contributed by atoms with Gasteiger partial charge in [0.1, 0.15) is 0 Å². The summed E-state index contributed by atoms with van der Waals surface area (Å²) >= 11 is 0. The van der Waals surface area contributed by atoms with Gasteiger partial charge >= 0.3 is 0 Å². The molecule has 9 aliphatic carbocycles. The molecular formula is C52H85NO2. The maximum absolute atomic E-state index is 7.82. The van der Waals surface area contributed by atoms with Crippen LogP contribution in [-0.2, 0) is 9.47 Å². The van der Waals surface area contributed by atoms with Crippen molar-refractivity contribution in [2.75, 3.05) is 0 Å². The number of hydrogen-bond donors (Lipinski definition) is 0. The minimum absolute atomic E-state index is 0.507. The van der Waals surface area contributed by atoms with E-state index in [1.165, 1.54) is 148 Å². The average molecular weight is 756 g/mol. The van der Waals surface area contributed by atoms with Crippen molar-refractivity contribution < 1.29 is 9.47 Å². The lowest BCUT2D eigenvalue weighted by atomic mass is 9.60. The normalized spacial score (nSPS) is 51.1. The van der Waals surface area contributed by atoms with Crippen LogP contribution in [0.1, 0.15) is 212 Å². The molecule has 310 valence electrons. The molecule has 0 aromatic rings. The van der Waals surface area contributed by atoms with Crippen molar-refractivity contribution in [2.45, 2.75) is 254 Å². The van der Waals surface area contributed by atoms with Gasteiger partial charge in [0.25, 0.3) is 0 Å². The van der Waals surface area contributed by atoms with Gasteiger partial charge in [-0.25, -0.2) is 0 Å². The number of rotatable bonds is 6. The Kier molecular flexibility index (Phi) is 11.5. The standard InChI is InChI=1S/C52H85NO2/c1-3-11-34(12-4-1)36-21-26-41(27-22-36)53(42-28-23-37(24-29-42)40-17-9-16-39(33-40)35-13-5-2-6-14-35)47-20-10-19-44-45-31-32-48-49(52(45)55-51(44)47)46-30-25-38-15-7-8-18-43(38)50(46)54-48/h34-52H,1-33H2. The van der Waals surface area contributed by atoms with Gasteiger partial charge in [-0.15, -0.1) is 0 Å². The Hall–Kier alpha value is -0.120. The minimum Gasteiger partial charge on any atom is -0.374 e. The topological polar surface area (TPSA) is 21.7 Å². The van der Waals surface area contributed by atoms with Crippen molar-refractivity contribution in [1.82, 2.24) is 4.90 Å². The second-order valence-electron chi connectivity index (χ2n) is 23.2. The van der Waals surface area contributed by atoms with Gasteiger partial charge in [0.15, 0.2) is 0 Å². The predicted octanol–water partition coefficient (Wildman–Crippen LogP) is 13.3. The lowest BCUT2D eigenvalue weighted by Crippen LogP contribution is -2.58. The van der Waals surface area contributed by atoms with E-state index in [9.17, 15) is 0 Å². The molecule has 0 aromatic carbocycles. The molecule has 0 bridgehead atoms. The van der Waals surface area contributed by atoms with E-state index < -0.39 is 0 Å². The number of hydrogen-bond acceptors (Lipinski definition) is 3. The summed E-state index contributed by atoms with van der Waals surface area (Å²) in [5.74, 6) is 11.3. The maximum Gasteiger partial charge on any atom is 0.0766 e. The van der Waals surface area contributed by atoms with Crippen LogP contribution in [0.2, 0.25) is 0 Å². The first-order valence-corrected chi connectivity index (χ1v) is 26.3. The van der Waals surface area contributed by atoms with Crippen LogP contribution in [0.25, 0.3) is 0 Å². The van der Waals surface area contributed by atoms with E-state index in [2.05, 4.69) is 4.90 Å². The minimum atomic E-state index is 0.507. The fourth-order valence-electron chi connectivity index (χ4n) is 18.5. The molecule has 3 heteroatoms. The Bertz CT molecular complexity index is 1240. The van der Waals surface area contributed by atoms with Gasteiger partial charge in [-0.1, -0.05) is 109 Å². The zero-order valence-corrected chi connectivity index (χ0v) is 35.6. The summed E-state index contributed by atoms with van der Waals surface area (Å²) in [6, 6.07) is 2.35. The van der Waals surface area contributed by atoms with E-state index in [-0.39, 0.29) is 0 Å². The molecule has 13 atom stereocenters. The summed E-state index contributed by atoms with van der Waals surface area (Å²) < 4.78 is 15.1. The zero-order valence-electron chi connectivity index (χ0n) is 35.6. The molecule has 2 aliphatic heterocycles. The molecule has 55 heavy (non-hydrogen) atoms. The molecule has 3 nitrogen and oxygen atoms in total. The van der Waals surface area contributed by atoms with Gasteiger partial charge in [-0.2, -0.15) is 0 Å². The van der Waals surface area contributed by atoms with Crippen LogP contribution in [0, 0.1) is 71.0 Å². The van der Waals surface area contributed by atoms with E-state index >= 15 is 0 Å². The smallest absolute Gasteiger partial charge is 0.0766 e. The summed E-state index contributed by atoms with van der Waals surface area (Å²) in [7, 11) is 0. The molecule has 0 spiro atoms. The van der Waals surface area contributed by atoms with Crippen LogP contribution in [0.3, 0.4) is 0 Å². The number of nitrogens with zero attached hydrogens (tertiary/aromatic N) is 1. The van der Waals surface area contributed by atoms with Crippen molar-refractivity contribution in [3.63, 3.8) is 0 Å². The molecule has 2 saturated heterocycles. The Morgan fingerprint density at radius 2 is 0.782 bits per heavy atom. The molecule has 9 saturated carbocycles. The third kappa shape index (κ3) is 7.31. The van der Waals surface area contributed by atoms with Gasteiger partial charge in [0.05, 0.1) is 24.4 Å². The Labute approximate surface area is 338 Å². The number of fused-ring (bicyclic) bond motifs is 9. The van der Waals surface area contributed by atoms with Crippen molar-refractivity contribution in [3.8, 4) is 0 Å². The summed E-state index contributed by atoms with van der Waals surface area (Å²) in [6.07, 6.45) is 51.8. The molecule has 0 amide bonds. The van der Waals surface area contributed by atoms with Crippen molar-refractivity contribution in [1.29, 1.82) is 0 Å². The molecule has 0 N–H and O–H groups in total. The van der Waals surface area contributed by atoms with Crippen LogP contribution in [0.15, 0.2) is 0 Å². The van der Waals surface area contributed by atoms with Crippen LogP contribution >= 0.6 is 0 Å². The molecule has 11 rings (SSSR count). The van der Waals surface area contributed by atoms with Crippen LogP contribution in [0.4, 0.5) is 0 Å². The van der Waals surface area contributed by atoms with E-state index in [1.807, 2.05) is 0 Å². The molecule has 13 unspecified atom stereocenters. The monoisotopic (exact) mass is 756 g/mol. The highest BCUT2D eigenvalue weighted by atomic mass is 16.5. The van der Waals surface area contributed by atoms with Crippen LogP contribution < -0.4 is 0 Å². The highest BCUT2D eigenvalue weighted by Crippen LogP contribution is 2.60. The first kappa shape index (κ1) is 37.8. The SMILES string of the molecule is C1CCC(C2CCC(N(C3CCC(C4CCCC(C5CCCCC5)C4)CC3)C3CCCC4C5CCC6OC7C8CCCCC8CCC7C6C5OC43)CC2)CC1. The fraction of sp³-hybridized carbons (Fsp3) is 1.00.